The molecular formula is C18H23NO6S2. The highest BCUT2D eigenvalue weighted by Crippen LogP contribution is 2.23. The van der Waals surface area contributed by atoms with E-state index in [1.54, 1.807) is 12.1 Å². The van der Waals surface area contributed by atoms with Crippen molar-refractivity contribution in [2.75, 3.05) is 19.0 Å². The van der Waals surface area contributed by atoms with Gasteiger partial charge in [0.1, 0.15) is 5.76 Å². The number of benzene rings is 1. The van der Waals surface area contributed by atoms with E-state index in [1.807, 2.05) is 0 Å². The summed E-state index contributed by atoms with van der Waals surface area (Å²) in [7, 11) is -7.22. The maximum Gasteiger partial charge on any atom is 0.240 e. The van der Waals surface area contributed by atoms with Gasteiger partial charge in [-0.3, -0.25) is 0 Å². The van der Waals surface area contributed by atoms with Crippen molar-refractivity contribution in [1.29, 1.82) is 0 Å². The molecule has 1 aliphatic rings. The van der Waals surface area contributed by atoms with Gasteiger partial charge in [-0.25, -0.2) is 21.6 Å². The Morgan fingerprint density at radius 2 is 1.70 bits per heavy atom. The van der Waals surface area contributed by atoms with Crippen LogP contribution in [0.1, 0.15) is 25.0 Å². The average molecular weight is 414 g/mol. The molecule has 1 unspecified atom stereocenters. The van der Waals surface area contributed by atoms with Gasteiger partial charge in [-0.2, -0.15) is 0 Å². The molecule has 1 fully saturated rings. The van der Waals surface area contributed by atoms with Crippen molar-refractivity contribution in [3.05, 3.63) is 48.4 Å². The minimum atomic E-state index is -3.75. The summed E-state index contributed by atoms with van der Waals surface area (Å²) in [5.41, 5.74) is 0. The molecule has 1 atom stereocenters. The van der Waals surface area contributed by atoms with Gasteiger partial charge in [0, 0.05) is 13.2 Å². The molecule has 1 saturated heterocycles. The number of rotatable bonds is 7. The Bertz CT molecular complexity index is 926. The van der Waals surface area contributed by atoms with Crippen molar-refractivity contribution in [3.63, 3.8) is 0 Å². The first-order chi connectivity index (χ1) is 12.9. The Morgan fingerprint density at radius 3 is 2.41 bits per heavy atom. The smallest absolute Gasteiger partial charge is 0.240 e. The highest BCUT2D eigenvalue weighted by Gasteiger charge is 2.23. The molecule has 7 nitrogen and oxygen atoms in total. The zero-order valence-corrected chi connectivity index (χ0v) is 16.5. The van der Waals surface area contributed by atoms with E-state index in [0.717, 1.165) is 19.3 Å². The molecule has 2 heterocycles. The summed E-state index contributed by atoms with van der Waals surface area (Å²) in [6.45, 7) is 1.28. The largest absolute Gasteiger partial charge is 0.468 e. The first-order valence-electron chi connectivity index (χ1n) is 8.79. The fraction of sp³-hybridized carbons (Fsp3) is 0.444. The maximum absolute atomic E-state index is 12.6. The molecule has 0 spiro atoms. The van der Waals surface area contributed by atoms with Gasteiger partial charge in [0.25, 0.3) is 0 Å². The van der Waals surface area contributed by atoms with Crippen molar-refractivity contribution in [2.45, 2.75) is 35.6 Å². The third-order valence-corrected chi connectivity index (χ3v) is 7.85. The SMILES string of the molecule is O=S(=O)(CC1CCCOCC1)c1ccc(S(=O)(=O)NCc2ccco2)cc1. The number of sulfonamides is 1. The average Bonchev–Trinajstić information content (AvgIpc) is 3.04. The lowest BCUT2D eigenvalue weighted by molar-refractivity contribution is 0.142. The number of sulfone groups is 1. The van der Waals surface area contributed by atoms with E-state index in [9.17, 15) is 16.8 Å². The van der Waals surface area contributed by atoms with Crippen LogP contribution < -0.4 is 4.72 Å². The van der Waals surface area contributed by atoms with Gasteiger partial charge >= 0.3 is 0 Å². The number of hydrogen-bond donors (Lipinski definition) is 1. The Kier molecular flexibility index (Phi) is 6.36. The molecule has 1 aliphatic heterocycles. The third kappa shape index (κ3) is 5.41. The van der Waals surface area contributed by atoms with Crippen LogP contribution >= 0.6 is 0 Å². The lowest BCUT2D eigenvalue weighted by Crippen LogP contribution is -2.23. The van der Waals surface area contributed by atoms with Crippen LogP contribution in [0.15, 0.2) is 56.9 Å². The molecule has 1 aromatic carbocycles. The van der Waals surface area contributed by atoms with E-state index >= 15 is 0 Å². The first-order valence-corrected chi connectivity index (χ1v) is 11.9. The Labute approximate surface area is 159 Å². The van der Waals surface area contributed by atoms with Crippen molar-refractivity contribution < 1.29 is 26.0 Å². The van der Waals surface area contributed by atoms with Gasteiger partial charge in [0.15, 0.2) is 9.84 Å². The summed E-state index contributed by atoms with van der Waals surface area (Å²) in [5.74, 6) is 0.611. The van der Waals surface area contributed by atoms with Gasteiger partial charge in [0.2, 0.25) is 10.0 Å². The summed E-state index contributed by atoms with van der Waals surface area (Å²) in [4.78, 5) is 0.147. The second-order valence-corrected chi connectivity index (χ2v) is 10.4. The summed E-state index contributed by atoms with van der Waals surface area (Å²) in [6.07, 6.45) is 3.87. The summed E-state index contributed by atoms with van der Waals surface area (Å²) < 4.78 is 62.8. The highest BCUT2D eigenvalue weighted by molar-refractivity contribution is 7.91. The van der Waals surface area contributed by atoms with Crippen molar-refractivity contribution in [2.24, 2.45) is 5.92 Å². The number of nitrogens with one attached hydrogen (secondary N) is 1. The molecule has 0 amide bonds. The van der Waals surface area contributed by atoms with Crippen LogP contribution in [0.25, 0.3) is 0 Å². The van der Waals surface area contributed by atoms with E-state index in [-0.39, 0.29) is 28.0 Å². The molecule has 9 heteroatoms. The van der Waals surface area contributed by atoms with Crippen LogP contribution in [0.5, 0.6) is 0 Å². The van der Waals surface area contributed by atoms with Crippen LogP contribution in [0.4, 0.5) is 0 Å². The van der Waals surface area contributed by atoms with E-state index in [0.29, 0.717) is 19.0 Å². The van der Waals surface area contributed by atoms with Crippen LogP contribution in [-0.2, 0) is 31.1 Å². The van der Waals surface area contributed by atoms with E-state index < -0.39 is 19.9 Å². The van der Waals surface area contributed by atoms with E-state index in [4.69, 9.17) is 9.15 Å². The number of furan rings is 1. The number of ether oxygens (including phenoxy) is 1. The molecule has 2 aromatic rings. The molecule has 27 heavy (non-hydrogen) atoms. The molecule has 1 aromatic heterocycles. The normalized spacial score (nSPS) is 18.9. The van der Waals surface area contributed by atoms with Crippen LogP contribution in [0.3, 0.4) is 0 Å². The van der Waals surface area contributed by atoms with Crippen molar-refractivity contribution >= 4 is 19.9 Å². The predicted molar refractivity (Wildman–Crippen MR) is 99.4 cm³/mol. The molecular weight excluding hydrogens is 390 g/mol. The minimum absolute atomic E-state index is 0.0101. The minimum Gasteiger partial charge on any atom is -0.468 e. The van der Waals surface area contributed by atoms with Crippen molar-refractivity contribution in [1.82, 2.24) is 4.72 Å². The second kappa shape index (κ2) is 8.55. The molecule has 0 radical (unpaired) electrons. The summed E-state index contributed by atoms with van der Waals surface area (Å²) in [6, 6.07) is 8.66. The molecule has 1 N–H and O–H groups in total. The molecule has 148 valence electrons. The van der Waals surface area contributed by atoms with E-state index in [1.165, 1.54) is 30.5 Å². The Hall–Kier alpha value is -1.68. The van der Waals surface area contributed by atoms with Gasteiger partial charge < -0.3 is 9.15 Å². The predicted octanol–water partition coefficient (Wildman–Crippen LogP) is 2.35. The zero-order chi connectivity index (χ0) is 19.3. The molecule has 0 aliphatic carbocycles. The Morgan fingerprint density at radius 1 is 0.963 bits per heavy atom. The third-order valence-electron chi connectivity index (χ3n) is 4.54. The van der Waals surface area contributed by atoms with Crippen LogP contribution in [-0.4, -0.2) is 35.8 Å². The van der Waals surface area contributed by atoms with E-state index in [2.05, 4.69) is 4.72 Å². The quantitative estimate of drug-likeness (QED) is 0.747. The van der Waals surface area contributed by atoms with Gasteiger partial charge in [0.05, 0.1) is 28.4 Å². The molecule has 3 rings (SSSR count). The van der Waals surface area contributed by atoms with Crippen LogP contribution in [0, 0.1) is 5.92 Å². The second-order valence-electron chi connectivity index (χ2n) is 6.57. The van der Waals surface area contributed by atoms with Crippen molar-refractivity contribution in [3.8, 4) is 0 Å². The fourth-order valence-corrected chi connectivity index (χ4v) is 5.72. The molecule has 0 saturated carbocycles. The monoisotopic (exact) mass is 413 g/mol. The van der Waals surface area contributed by atoms with Gasteiger partial charge in [-0.15, -0.1) is 0 Å². The first kappa shape index (κ1) is 20.1. The summed E-state index contributed by atoms with van der Waals surface area (Å²) in [5, 5.41) is 0. The molecule has 0 bridgehead atoms. The Balaban J connectivity index is 1.68. The lowest BCUT2D eigenvalue weighted by Gasteiger charge is -2.14. The topological polar surface area (TPSA) is 103 Å². The lowest BCUT2D eigenvalue weighted by atomic mass is 10.0. The maximum atomic E-state index is 12.6. The van der Waals surface area contributed by atoms with Gasteiger partial charge in [-0.05, 0) is 61.6 Å². The number of hydrogen-bond acceptors (Lipinski definition) is 6. The van der Waals surface area contributed by atoms with Gasteiger partial charge in [-0.1, -0.05) is 0 Å². The highest BCUT2D eigenvalue weighted by atomic mass is 32.2. The standard InChI is InChI=1S/C18H23NO6S2/c20-26(21,14-15-3-1-10-24-12-9-15)17-5-7-18(8-6-17)27(22,23)19-13-16-4-2-11-25-16/h2,4-8,11,15,19H,1,3,9-10,12-14H2. The fourth-order valence-electron chi connectivity index (χ4n) is 3.03. The van der Waals surface area contributed by atoms with Crippen LogP contribution in [0.2, 0.25) is 0 Å². The summed E-state index contributed by atoms with van der Waals surface area (Å²) >= 11 is 0. The zero-order valence-electron chi connectivity index (χ0n) is 14.8.